The van der Waals surface area contributed by atoms with Gasteiger partial charge in [0.05, 0.1) is 0 Å². The third kappa shape index (κ3) is 3.61. The van der Waals surface area contributed by atoms with E-state index in [1.165, 1.54) is 11.1 Å². The summed E-state index contributed by atoms with van der Waals surface area (Å²) < 4.78 is 0. The van der Waals surface area contributed by atoms with E-state index in [0.717, 1.165) is 11.6 Å². The Morgan fingerprint density at radius 1 is 1.32 bits per heavy atom. The summed E-state index contributed by atoms with van der Waals surface area (Å²) in [6, 6.07) is 9.19. The van der Waals surface area contributed by atoms with Crippen molar-refractivity contribution >= 4 is 11.8 Å². The van der Waals surface area contributed by atoms with Crippen LogP contribution in [-0.4, -0.2) is 22.3 Å². The standard InChI is InChI=1S/C15H21N3S/c1-4-12-5-7-13(8-6-12)14(16-3)11(2)19-15-17-9-10-18-15/h5-11,14,16H,4H2,1-3H3,(H,17,18). The summed E-state index contributed by atoms with van der Waals surface area (Å²) in [5.74, 6) is 0. The Kier molecular flexibility index (Phi) is 5.05. The number of thioether (sulfide) groups is 1. The maximum absolute atomic E-state index is 4.27. The van der Waals surface area contributed by atoms with Crippen molar-refractivity contribution in [3.63, 3.8) is 0 Å². The van der Waals surface area contributed by atoms with Crippen LogP contribution in [-0.2, 0) is 6.42 Å². The van der Waals surface area contributed by atoms with Gasteiger partial charge >= 0.3 is 0 Å². The lowest BCUT2D eigenvalue weighted by atomic mass is 10.0. The van der Waals surface area contributed by atoms with Crippen molar-refractivity contribution in [1.29, 1.82) is 0 Å². The van der Waals surface area contributed by atoms with Gasteiger partial charge in [-0.15, -0.1) is 0 Å². The number of aromatic nitrogens is 2. The molecule has 1 aromatic carbocycles. The molecule has 0 fully saturated rings. The molecule has 19 heavy (non-hydrogen) atoms. The monoisotopic (exact) mass is 275 g/mol. The molecule has 0 amide bonds. The molecule has 0 aliphatic rings. The van der Waals surface area contributed by atoms with Crippen LogP contribution in [0.3, 0.4) is 0 Å². The van der Waals surface area contributed by atoms with Gasteiger partial charge in [-0.2, -0.15) is 0 Å². The fourth-order valence-electron chi connectivity index (χ4n) is 2.19. The van der Waals surface area contributed by atoms with Crippen LogP contribution < -0.4 is 5.32 Å². The third-order valence-corrected chi connectivity index (χ3v) is 4.39. The Labute approximate surface area is 119 Å². The first kappa shape index (κ1) is 14.2. The van der Waals surface area contributed by atoms with Crippen molar-refractivity contribution in [2.45, 2.75) is 36.7 Å². The van der Waals surface area contributed by atoms with Crippen LogP contribution in [0.1, 0.15) is 31.0 Å². The van der Waals surface area contributed by atoms with Gasteiger partial charge in [0.15, 0.2) is 5.16 Å². The van der Waals surface area contributed by atoms with Gasteiger partial charge in [-0.1, -0.05) is 49.9 Å². The summed E-state index contributed by atoms with van der Waals surface area (Å²) in [5, 5.41) is 4.78. The van der Waals surface area contributed by atoms with Gasteiger partial charge in [0.25, 0.3) is 0 Å². The summed E-state index contributed by atoms with van der Waals surface area (Å²) in [6.07, 6.45) is 4.74. The lowest BCUT2D eigenvalue weighted by Crippen LogP contribution is -2.25. The zero-order chi connectivity index (χ0) is 13.7. The second-order valence-electron chi connectivity index (χ2n) is 4.58. The number of nitrogens with one attached hydrogen (secondary N) is 2. The van der Waals surface area contributed by atoms with Crippen molar-refractivity contribution in [1.82, 2.24) is 15.3 Å². The normalized spacial score (nSPS) is 14.3. The molecule has 3 nitrogen and oxygen atoms in total. The Balaban J connectivity index is 2.09. The second kappa shape index (κ2) is 6.78. The average Bonchev–Trinajstić information content (AvgIpc) is 2.93. The van der Waals surface area contributed by atoms with Crippen molar-refractivity contribution in [2.24, 2.45) is 0 Å². The van der Waals surface area contributed by atoms with E-state index in [0.29, 0.717) is 11.3 Å². The number of benzene rings is 1. The molecule has 0 radical (unpaired) electrons. The highest BCUT2D eigenvalue weighted by Gasteiger charge is 2.19. The molecule has 1 aromatic heterocycles. The zero-order valence-corrected chi connectivity index (χ0v) is 12.5. The van der Waals surface area contributed by atoms with E-state index in [2.05, 4.69) is 53.4 Å². The molecule has 0 saturated carbocycles. The number of aromatic amines is 1. The van der Waals surface area contributed by atoms with Crippen molar-refractivity contribution < 1.29 is 0 Å². The van der Waals surface area contributed by atoms with Crippen LogP contribution in [0.15, 0.2) is 41.8 Å². The number of imidazole rings is 1. The lowest BCUT2D eigenvalue weighted by molar-refractivity contribution is 0.588. The molecule has 1 heterocycles. The van der Waals surface area contributed by atoms with Gasteiger partial charge in [-0.25, -0.2) is 4.98 Å². The number of nitrogens with zero attached hydrogens (tertiary/aromatic N) is 1. The van der Waals surface area contributed by atoms with Crippen molar-refractivity contribution in [3.05, 3.63) is 47.8 Å². The van der Waals surface area contributed by atoms with Gasteiger partial charge in [0, 0.05) is 23.7 Å². The van der Waals surface area contributed by atoms with E-state index < -0.39 is 0 Å². The summed E-state index contributed by atoms with van der Waals surface area (Å²) in [4.78, 5) is 7.41. The molecular weight excluding hydrogens is 254 g/mol. The zero-order valence-electron chi connectivity index (χ0n) is 11.7. The van der Waals surface area contributed by atoms with E-state index in [-0.39, 0.29) is 0 Å². The van der Waals surface area contributed by atoms with Crippen LogP contribution in [0.4, 0.5) is 0 Å². The number of hydrogen-bond donors (Lipinski definition) is 2. The van der Waals surface area contributed by atoms with Gasteiger partial charge in [0.1, 0.15) is 0 Å². The Hall–Kier alpha value is -1.26. The highest BCUT2D eigenvalue weighted by Crippen LogP contribution is 2.29. The number of H-pyrrole nitrogens is 1. The predicted molar refractivity (Wildman–Crippen MR) is 81.5 cm³/mol. The summed E-state index contributed by atoms with van der Waals surface area (Å²) >= 11 is 1.76. The van der Waals surface area contributed by atoms with E-state index >= 15 is 0 Å². The first-order chi connectivity index (χ1) is 9.24. The molecule has 0 saturated heterocycles. The van der Waals surface area contributed by atoms with Gasteiger partial charge < -0.3 is 10.3 Å². The van der Waals surface area contributed by atoms with Crippen LogP contribution in [0, 0.1) is 0 Å². The molecule has 4 heteroatoms. The van der Waals surface area contributed by atoms with E-state index in [9.17, 15) is 0 Å². The Bertz CT molecular complexity index is 479. The van der Waals surface area contributed by atoms with Crippen molar-refractivity contribution in [3.8, 4) is 0 Å². The molecule has 0 bridgehead atoms. The molecule has 0 spiro atoms. The minimum absolute atomic E-state index is 0.320. The summed E-state index contributed by atoms with van der Waals surface area (Å²) in [5.41, 5.74) is 2.70. The second-order valence-corrected chi connectivity index (χ2v) is 5.94. The maximum atomic E-state index is 4.27. The van der Waals surface area contributed by atoms with Gasteiger partial charge in [-0.05, 0) is 24.6 Å². The molecule has 102 valence electrons. The highest BCUT2D eigenvalue weighted by atomic mass is 32.2. The number of aryl methyl sites for hydroxylation is 1. The fraction of sp³-hybridized carbons (Fsp3) is 0.400. The van der Waals surface area contributed by atoms with Gasteiger partial charge in [0.2, 0.25) is 0 Å². The molecule has 2 N–H and O–H groups in total. The predicted octanol–water partition coefficient (Wildman–Crippen LogP) is 3.41. The largest absolute Gasteiger partial charge is 0.340 e. The summed E-state index contributed by atoms with van der Waals surface area (Å²) in [7, 11) is 2.01. The fourth-order valence-corrected chi connectivity index (χ4v) is 3.23. The van der Waals surface area contributed by atoms with Gasteiger partial charge in [-0.3, -0.25) is 0 Å². The molecule has 0 aliphatic carbocycles. The van der Waals surface area contributed by atoms with Crippen LogP contribution >= 0.6 is 11.8 Å². The number of hydrogen-bond acceptors (Lipinski definition) is 3. The van der Waals surface area contributed by atoms with Crippen LogP contribution in [0.2, 0.25) is 0 Å². The lowest BCUT2D eigenvalue weighted by Gasteiger charge is -2.23. The van der Waals surface area contributed by atoms with Crippen molar-refractivity contribution in [2.75, 3.05) is 7.05 Å². The van der Waals surface area contributed by atoms with Crippen LogP contribution in [0.5, 0.6) is 0 Å². The summed E-state index contributed by atoms with van der Waals surface area (Å²) in [6.45, 7) is 4.40. The molecule has 2 aromatic rings. The Morgan fingerprint density at radius 3 is 2.58 bits per heavy atom. The Morgan fingerprint density at radius 2 is 2.05 bits per heavy atom. The minimum atomic E-state index is 0.320. The van der Waals surface area contributed by atoms with E-state index in [4.69, 9.17) is 0 Å². The molecular formula is C15H21N3S. The third-order valence-electron chi connectivity index (χ3n) is 3.30. The van der Waals surface area contributed by atoms with E-state index in [1.54, 1.807) is 18.0 Å². The first-order valence-electron chi connectivity index (χ1n) is 6.66. The maximum Gasteiger partial charge on any atom is 0.165 e. The minimum Gasteiger partial charge on any atom is -0.340 e. The highest BCUT2D eigenvalue weighted by molar-refractivity contribution is 7.99. The number of rotatable bonds is 6. The molecule has 0 aliphatic heterocycles. The van der Waals surface area contributed by atoms with E-state index in [1.807, 2.05) is 13.2 Å². The average molecular weight is 275 g/mol. The quantitative estimate of drug-likeness (QED) is 0.794. The molecule has 2 atom stereocenters. The first-order valence-corrected chi connectivity index (χ1v) is 7.54. The molecule has 2 rings (SSSR count). The smallest absolute Gasteiger partial charge is 0.165 e. The topological polar surface area (TPSA) is 40.7 Å². The van der Waals surface area contributed by atoms with Crippen LogP contribution in [0.25, 0.3) is 0 Å². The molecule has 2 unspecified atom stereocenters. The SMILES string of the molecule is CCc1ccc(C(NC)C(C)Sc2ncc[nH]2)cc1.